The predicted molar refractivity (Wildman–Crippen MR) is 125 cm³/mol. The number of nitrogens with zero attached hydrogens (tertiary/aromatic N) is 5. The second-order valence-corrected chi connectivity index (χ2v) is 7.49. The van der Waals surface area contributed by atoms with Gasteiger partial charge >= 0.3 is 0 Å². The van der Waals surface area contributed by atoms with Crippen molar-refractivity contribution < 1.29 is 4.74 Å². The second kappa shape index (κ2) is 11.2. The van der Waals surface area contributed by atoms with Crippen molar-refractivity contribution in [3.05, 3.63) is 42.0 Å². The van der Waals surface area contributed by atoms with Gasteiger partial charge in [-0.3, -0.25) is 4.68 Å². The minimum atomic E-state index is 0. The van der Waals surface area contributed by atoms with Crippen LogP contribution in [0.15, 0.2) is 35.6 Å². The summed E-state index contributed by atoms with van der Waals surface area (Å²) in [7, 11) is 3.88. The SMILES string of the molecule is CCNC(=NCCOc1ccccc1C(C)(C)C)N(C)Cc1ncnn1C.I. The second-order valence-electron chi connectivity index (χ2n) is 7.49. The lowest BCUT2D eigenvalue weighted by Crippen LogP contribution is -2.39. The maximum atomic E-state index is 6.02. The highest BCUT2D eigenvalue weighted by Gasteiger charge is 2.18. The van der Waals surface area contributed by atoms with Gasteiger partial charge in [-0.25, -0.2) is 9.98 Å². The minimum absolute atomic E-state index is 0. The van der Waals surface area contributed by atoms with Gasteiger partial charge in [0.1, 0.15) is 24.5 Å². The lowest BCUT2D eigenvalue weighted by Gasteiger charge is -2.23. The fourth-order valence-corrected chi connectivity index (χ4v) is 2.74. The van der Waals surface area contributed by atoms with Crippen molar-refractivity contribution in [3.63, 3.8) is 0 Å². The van der Waals surface area contributed by atoms with E-state index in [-0.39, 0.29) is 29.4 Å². The number of guanidine groups is 1. The van der Waals surface area contributed by atoms with Gasteiger partial charge < -0.3 is 15.0 Å². The van der Waals surface area contributed by atoms with Crippen molar-refractivity contribution in [2.24, 2.45) is 12.0 Å². The highest BCUT2D eigenvalue weighted by atomic mass is 127. The molecule has 0 aliphatic carbocycles. The van der Waals surface area contributed by atoms with E-state index in [4.69, 9.17) is 4.74 Å². The molecule has 156 valence electrons. The van der Waals surface area contributed by atoms with Crippen molar-refractivity contribution >= 4 is 29.9 Å². The minimum Gasteiger partial charge on any atom is -0.491 e. The predicted octanol–water partition coefficient (Wildman–Crippen LogP) is 3.21. The van der Waals surface area contributed by atoms with Crippen LogP contribution in [0.2, 0.25) is 0 Å². The summed E-state index contributed by atoms with van der Waals surface area (Å²) in [5.74, 6) is 2.64. The van der Waals surface area contributed by atoms with Gasteiger partial charge in [-0.1, -0.05) is 39.0 Å². The Balaban J connectivity index is 0.00000392. The summed E-state index contributed by atoms with van der Waals surface area (Å²) in [5.41, 5.74) is 1.26. The molecule has 0 saturated carbocycles. The maximum absolute atomic E-state index is 6.02. The van der Waals surface area contributed by atoms with E-state index in [1.165, 1.54) is 5.56 Å². The van der Waals surface area contributed by atoms with Crippen LogP contribution in [-0.4, -0.2) is 52.4 Å². The van der Waals surface area contributed by atoms with E-state index in [0.29, 0.717) is 19.7 Å². The van der Waals surface area contributed by atoms with Crippen LogP contribution in [0.5, 0.6) is 5.75 Å². The molecule has 7 nitrogen and oxygen atoms in total. The largest absolute Gasteiger partial charge is 0.491 e. The molecule has 0 atom stereocenters. The molecule has 0 bridgehead atoms. The Morgan fingerprint density at radius 1 is 1.29 bits per heavy atom. The normalized spacial score (nSPS) is 11.7. The molecule has 0 unspecified atom stereocenters. The van der Waals surface area contributed by atoms with Crippen molar-refractivity contribution in [1.29, 1.82) is 0 Å². The first-order valence-corrected chi connectivity index (χ1v) is 9.37. The van der Waals surface area contributed by atoms with Gasteiger partial charge in [0.15, 0.2) is 5.96 Å². The number of aryl methyl sites for hydroxylation is 1. The summed E-state index contributed by atoms with van der Waals surface area (Å²) < 4.78 is 7.79. The molecular formula is C20H33IN6O. The number of rotatable bonds is 7. The van der Waals surface area contributed by atoms with Crippen LogP contribution < -0.4 is 10.1 Å². The Morgan fingerprint density at radius 3 is 2.61 bits per heavy atom. The third-order valence-electron chi connectivity index (χ3n) is 4.19. The van der Waals surface area contributed by atoms with Crippen LogP contribution in [0, 0.1) is 0 Å². The molecule has 0 aliphatic heterocycles. The van der Waals surface area contributed by atoms with Gasteiger partial charge in [0, 0.05) is 20.6 Å². The van der Waals surface area contributed by atoms with Crippen molar-refractivity contribution in [3.8, 4) is 5.75 Å². The summed E-state index contributed by atoms with van der Waals surface area (Å²) in [6.07, 6.45) is 1.56. The number of aliphatic imine (C=N–C) groups is 1. The monoisotopic (exact) mass is 500 g/mol. The van der Waals surface area contributed by atoms with Gasteiger partial charge in [0.25, 0.3) is 0 Å². The fourth-order valence-electron chi connectivity index (χ4n) is 2.74. The average Bonchev–Trinajstić information content (AvgIpc) is 3.02. The van der Waals surface area contributed by atoms with Gasteiger partial charge in [-0.15, -0.1) is 24.0 Å². The average molecular weight is 500 g/mol. The van der Waals surface area contributed by atoms with Gasteiger partial charge in [0.05, 0.1) is 13.1 Å². The quantitative estimate of drug-likeness (QED) is 0.274. The van der Waals surface area contributed by atoms with E-state index >= 15 is 0 Å². The molecule has 2 rings (SSSR count). The Bertz CT molecular complexity index is 753. The van der Waals surface area contributed by atoms with Crippen molar-refractivity contribution in [1.82, 2.24) is 25.0 Å². The van der Waals surface area contributed by atoms with Crippen molar-refractivity contribution in [2.45, 2.75) is 39.7 Å². The van der Waals surface area contributed by atoms with Crippen LogP contribution >= 0.6 is 24.0 Å². The van der Waals surface area contributed by atoms with Gasteiger partial charge in [-0.05, 0) is 24.0 Å². The molecule has 0 fully saturated rings. The van der Waals surface area contributed by atoms with Gasteiger partial charge in [0.2, 0.25) is 0 Å². The Hall–Kier alpha value is -1.84. The molecule has 1 heterocycles. The summed E-state index contributed by atoms with van der Waals surface area (Å²) >= 11 is 0. The summed E-state index contributed by atoms with van der Waals surface area (Å²) in [6.45, 7) is 11.2. The molecule has 1 N–H and O–H groups in total. The van der Waals surface area contributed by atoms with Crippen LogP contribution in [0.25, 0.3) is 0 Å². The molecule has 8 heteroatoms. The van der Waals surface area contributed by atoms with Crippen LogP contribution in [0.4, 0.5) is 0 Å². The molecule has 2 aromatic rings. The molecule has 1 aromatic carbocycles. The fraction of sp³-hybridized carbons (Fsp3) is 0.550. The number of hydrogen-bond acceptors (Lipinski definition) is 4. The standard InChI is InChI=1S/C20H32N6O.HI/c1-7-21-19(25(5)14-18-23-15-24-26(18)6)22-12-13-27-17-11-9-8-10-16(17)20(2,3)4;/h8-11,15H,7,12-14H2,1-6H3,(H,21,22);1H. The third kappa shape index (κ3) is 6.96. The van der Waals surface area contributed by atoms with E-state index < -0.39 is 0 Å². The highest BCUT2D eigenvalue weighted by Crippen LogP contribution is 2.30. The molecule has 1 aromatic heterocycles. The first-order chi connectivity index (χ1) is 12.8. The zero-order valence-electron chi connectivity index (χ0n) is 17.8. The summed E-state index contributed by atoms with van der Waals surface area (Å²) in [6, 6.07) is 8.20. The summed E-state index contributed by atoms with van der Waals surface area (Å²) in [4.78, 5) is 11.0. The number of para-hydroxylation sites is 1. The zero-order chi connectivity index (χ0) is 19.9. The molecule has 0 saturated heterocycles. The molecular weight excluding hydrogens is 467 g/mol. The van der Waals surface area contributed by atoms with Gasteiger partial charge in [-0.2, -0.15) is 5.10 Å². The lowest BCUT2D eigenvalue weighted by atomic mass is 9.86. The molecule has 0 aliphatic rings. The van der Waals surface area contributed by atoms with Crippen LogP contribution in [0.3, 0.4) is 0 Å². The molecule has 0 amide bonds. The lowest BCUT2D eigenvalue weighted by molar-refractivity contribution is 0.318. The number of ether oxygens (including phenoxy) is 1. The first-order valence-electron chi connectivity index (χ1n) is 9.37. The topological polar surface area (TPSA) is 67.6 Å². The number of benzene rings is 1. The molecule has 28 heavy (non-hydrogen) atoms. The van der Waals surface area contributed by atoms with E-state index in [0.717, 1.165) is 24.1 Å². The maximum Gasteiger partial charge on any atom is 0.194 e. The van der Waals surface area contributed by atoms with E-state index in [9.17, 15) is 0 Å². The summed E-state index contributed by atoms with van der Waals surface area (Å²) in [5, 5.41) is 7.42. The van der Waals surface area contributed by atoms with E-state index in [1.807, 2.05) is 31.1 Å². The number of halogens is 1. The van der Waals surface area contributed by atoms with E-state index in [1.54, 1.807) is 11.0 Å². The van der Waals surface area contributed by atoms with Crippen LogP contribution in [0.1, 0.15) is 39.1 Å². The number of aromatic nitrogens is 3. The molecule has 0 spiro atoms. The molecule has 0 radical (unpaired) electrons. The Kier molecular flexibility index (Phi) is 9.71. The van der Waals surface area contributed by atoms with Crippen LogP contribution in [-0.2, 0) is 19.0 Å². The number of hydrogen-bond donors (Lipinski definition) is 1. The van der Waals surface area contributed by atoms with Crippen molar-refractivity contribution in [2.75, 3.05) is 26.7 Å². The Labute approximate surface area is 185 Å². The zero-order valence-corrected chi connectivity index (χ0v) is 20.1. The Morgan fingerprint density at radius 2 is 2.00 bits per heavy atom. The first kappa shape index (κ1) is 24.2. The highest BCUT2D eigenvalue weighted by molar-refractivity contribution is 14.0. The van der Waals surface area contributed by atoms with E-state index in [2.05, 4.69) is 60.2 Å². The number of nitrogens with one attached hydrogen (secondary N) is 1. The smallest absolute Gasteiger partial charge is 0.194 e. The third-order valence-corrected chi connectivity index (χ3v) is 4.19.